The summed E-state index contributed by atoms with van der Waals surface area (Å²) in [5, 5.41) is 14.9. The molecule has 11 nitrogen and oxygen atoms in total. The summed E-state index contributed by atoms with van der Waals surface area (Å²) in [6, 6.07) is -2.35. The third kappa shape index (κ3) is 7.79. The van der Waals surface area contributed by atoms with Crippen LogP contribution in [0.15, 0.2) is 0 Å². The van der Waals surface area contributed by atoms with Crippen LogP contribution in [-0.4, -0.2) is 59.9 Å². The van der Waals surface area contributed by atoms with E-state index in [4.69, 9.17) is 16.6 Å². The Balaban J connectivity index is 4.65. The van der Waals surface area contributed by atoms with Crippen LogP contribution in [0.4, 0.5) is 0 Å². The van der Waals surface area contributed by atoms with Crippen LogP contribution in [0.2, 0.25) is 0 Å². The first-order valence-corrected chi connectivity index (χ1v) is 6.25. The van der Waals surface area contributed by atoms with Gasteiger partial charge < -0.3 is 32.5 Å². The molecule has 0 rings (SSSR count). The maximum atomic E-state index is 11.9. The van der Waals surface area contributed by atoms with Crippen LogP contribution >= 0.6 is 0 Å². The highest BCUT2D eigenvalue weighted by atomic mass is 16.4. The number of carboxylic acids is 1. The number of aliphatic carboxylic acids is 1. The molecule has 0 radical (unpaired) electrons. The number of carbonyl (C=O) groups excluding carboxylic acids is 4. The monoisotopic (exact) mass is 317 g/mol. The second-order valence-electron chi connectivity index (χ2n) is 4.34. The second kappa shape index (κ2) is 9.28. The molecule has 0 aliphatic carbocycles. The van der Waals surface area contributed by atoms with Gasteiger partial charge in [-0.25, -0.2) is 0 Å². The van der Waals surface area contributed by atoms with Crippen molar-refractivity contribution in [1.82, 2.24) is 16.0 Å². The molecule has 0 bridgehead atoms. The maximum Gasteiger partial charge on any atom is 0.322 e. The van der Waals surface area contributed by atoms with Gasteiger partial charge >= 0.3 is 5.97 Å². The van der Waals surface area contributed by atoms with Crippen molar-refractivity contribution in [3.8, 4) is 0 Å². The van der Waals surface area contributed by atoms with Crippen molar-refractivity contribution in [2.75, 3.05) is 13.1 Å². The molecule has 0 aromatic rings. The average Bonchev–Trinajstić information content (AvgIpc) is 2.42. The molecule has 2 atom stereocenters. The standard InChI is InChI=1S/C11H19N5O6/c1-5(10(21)14-4-9(19)20)15-11(22)6(2-7(13)17)16-8(18)3-12/h5-6H,2-4,12H2,1H3,(H2,13,17)(H,14,21)(H,15,22)(H,16,18)(H,19,20). The van der Waals surface area contributed by atoms with Crippen molar-refractivity contribution in [3.05, 3.63) is 0 Å². The SMILES string of the molecule is CC(NC(=O)C(CC(N)=O)NC(=O)CN)C(=O)NCC(=O)O. The highest BCUT2D eigenvalue weighted by molar-refractivity contribution is 5.95. The fraction of sp³-hybridized carbons (Fsp3) is 0.545. The van der Waals surface area contributed by atoms with E-state index in [-0.39, 0.29) is 0 Å². The molecule has 8 N–H and O–H groups in total. The lowest BCUT2D eigenvalue weighted by atomic mass is 10.1. The lowest BCUT2D eigenvalue weighted by Crippen LogP contribution is -2.54. The quantitative estimate of drug-likeness (QED) is 0.249. The van der Waals surface area contributed by atoms with E-state index in [0.717, 1.165) is 0 Å². The minimum absolute atomic E-state index is 0.392. The molecule has 0 aliphatic heterocycles. The molecule has 0 aromatic carbocycles. The first kappa shape index (κ1) is 19.3. The molecular formula is C11H19N5O6. The van der Waals surface area contributed by atoms with Gasteiger partial charge in [0.05, 0.1) is 13.0 Å². The second-order valence-corrected chi connectivity index (χ2v) is 4.34. The van der Waals surface area contributed by atoms with E-state index in [0.29, 0.717) is 0 Å². The van der Waals surface area contributed by atoms with Gasteiger partial charge in [-0.15, -0.1) is 0 Å². The number of carboxylic acid groups (broad SMARTS) is 1. The number of hydrogen-bond donors (Lipinski definition) is 6. The van der Waals surface area contributed by atoms with Crippen molar-refractivity contribution >= 4 is 29.6 Å². The summed E-state index contributed by atoms with van der Waals surface area (Å²) in [5.74, 6) is -4.31. The summed E-state index contributed by atoms with van der Waals surface area (Å²) < 4.78 is 0. The Hall–Kier alpha value is -2.69. The Morgan fingerprint density at radius 3 is 2.14 bits per heavy atom. The molecule has 0 spiro atoms. The fourth-order valence-corrected chi connectivity index (χ4v) is 1.36. The van der Waals surface area contributed by atoms with E-state index >= 15 is 0 Å². The predicted molar refractivity (Wildman–Crippen MR) is 73.0 cm³/mol. The summed E-state index contributed by atoms with van der Waals surface area (Å²) in [7, 11) is 0. The van der Waals surface area contributed by atoms with Gasteiger partial charge in [0.25, 0.3) is 0 Å². The van der Waals surface area contributed by atoms with Crippen molar-refractivity contribution in [2.45, 2.75) is 25.4 Å². The number of primary amides is 1. The summed E-state index contributed by atoms with van der Waals surface area (Å²) in [4.78, 5) is 55.8. The fourth-order valence-electron chi connectivity index (χ4n) is 1.36. The van der Waals surface area contributed by atoms with Gasteiger partial charge in [-0.1, -0.05) is 0 Å². The van der Waals surface area contributed by atoms with Gasteiger partial charge in [0, 0.05) is 0 Å². The van der Waals surface area contributed by atoms with E-state index in [9.17, 15) is 24.0 Å². The normalized spacial score (nSPS) is 12.6. The zero-order valence-corrected chi connectivity index (χ0v) is 11.9. The number of nitrogens with two attached hydrogens (primary N) is 2. The molecule has 2 unspecified atom stereocenters. The summed E-state index contributed by atoms with van der Waals surface area (Å²) >= 11 is 0. The Morgan fingerprint density at radius 1 is 1.09 bits per heavy atom. The molecule has 124 valence electrons. The summed E-state index contributed by atoms with van der Waals surface area (Å²) in [6.45, 7) is 0.312. The van der Waals surface area contributed by atoms with Crippen LogP contribution in [0, 0.1) is 0 Å². The highest BCUT2D eigenvalue weighted by Gasteiger charge is 2.25. The zero-order chi connectivity index (χ0) is 17.3. The van der Waals surface area contributed by atoms with Crippen LogP contribution in [0.5, 0.6) is 0 Å². The van der Waals surface area contributed by atoms with E-state index < -0.39 is 61.2 Å². The van der Waals surface area contributed by atoms with Crippen molar-refractivity contribution in [1.29, 1.82) is 0 Å². The minimum atomic E-state index is -1.27. The Labute approximate surface area is 125 Å². The van der Waals surface area contributed by atoms with Crippen molar-refractivity contribution < 1.29 is 29.1 Å². The van der Waals surface area contributed by atoms with Crippen LogP contribution in [0.25, 0.3) is 0 Å². The van der Waals surface area contributed by atoms with E-state index in [1.54, 1.807) is 0 Å². The van der Waals surface area contributed by atoms with E-state index in [1.165, 1.54) is 6.92 Å². The average molecular weight is 317 g/mol. The molecule has 0 saturated heterocycles. The van der Waals surface area contributed by atoms with Crippen molar-refractivity contribution in [3.63, 3.8) is 0 Å². The smallest absolute Gasteiger partial charge is 0.322 e. The first-order valence-electron chi connectivity index (χ1n) is 6.25. The van der Waals surface area contributed by atoms with Crippen LogP contribution in [0.3, 0.4) is 0 Å². The Bertz CT molecular complexity index is 466. The molecule has 11 heteroatoms. The molecule has 0 heterocycles. The Kier molecular flexibility index (Phi) is 8.15. The molecule has 4 amide bonds. The van der Waals surface area contributed by atoms with E-state index in [2.05, 4.69) is 16.0 Å². The van der Waals surface area contributed by atoms with Crippen LogP contribution < -0.4 is 27.4 Å². The number of carbonyl (C=O) groups is 5. The third-order valence-corrected chi connectivity index (χ3v) is 2.41. The number of nitrogens with one attached hydrogen (secondary N) is 3. The van der Waals surface area contributed by atoms with Gasteiger partial charge in [-0.05, 0) is 6.92 Å². The molecule has 0 aliphatic rings. The number of amides is 4. The van der Waals surface area contributed by atoms with Gasteiger partial charge in [0.1, 0.15) is 18.6 Å². The molecule has 0 fully saturated rings. The zero-order valence-electron chi connectivity index (χ0n) is 11.9. The molecule has 22 heavy (non-hydrogen) atoms. The summed E-state index contributed by atoms with van der Waals surface area (Å²) in [6.07, 6.45) is -0.471. The maximum absolute atomic E-state index is 11.9. The molecule has 0 saturated carbocycles. The van der Waals surface area contributed by atoms with E-state index in [1.807, 2.05) is 0 Å². The third-order valence-electron chi connectivity index (χ3n) is 2.41. The lowest BCUT2D eigenvalue weighted by Gasteiger charge is -2.19. The minimum Gasteiger partial charge on any atom is -0.480 e. The lowest BCUT2D eigenvalue weighted by molar-refractivity contribution is -0.138. The first-order chi connectivity index (χ1) is 10.2. The Morgan fingerprint density at radius 2 is 1.68 bits per heavy atom. The highest BCUT2D eigenvalue weighted by Crippen LogP contribution is 1.94. The van der Waals surface area contributed by atoms with Crippen LogP contribution in [-0.2, 0) is 24.0 Å². The topological polar surface area (TPSA) is 194 Å². The van der Waals surface area contributed by atoms with Crippen molar-refractivity contribution in [2.24, 2.45) is 11.5 Å². The number of hydrogen-bond acceptors (Lipinski definition) is 6. The predicted octanol–water partition coefficient (Wildman–Crippen LogP) is -3.99. The molecular weight excluding hydrogens is 298 g/mol. The van der Waals surface area contributed by atoms with Gasteiger partial charge in [-0.3, -0.25) is 24.0 Å². The van der Waals surface area contributed by atoms with Gasteiger partial charge in [0.15, 0.2) is 0 Å². The van der Waals surface area contributed by atoms with Gasteiger partial charge in [-0.2, -0.15) is 0 Å². The summed E-state index contributed by atoms with van der Waals surface area (Å²) in [5.41, 5.74) is 10.1. The largest absolute Gasteiger partial charge is 0.480 e. The molecule has 0 aromatic heterocycles. The van der Waals surface area contributed by atoms with Crippen LogP contribution in [0.1, 0.15) is 13.3 Å². The number of rotatable bonds is 9. The van der Waals surface area contributed by atoms with Gasteiger partial charge in [0.2, 0.25) is 23.6 Å².